The highest BCUT2D eigenvalue weighted by Gasteiger charge is 2.33. The van der Waals surface area contributed by atoms with Crippen molar-refractivity contribution >= 4 is 49.0 Å². The molecule has 1 amide bonds. The summed E-state index contributed by atoms with van der Waals surface area (Å²) in [5, 5.41) is 0. The Morgan fingerprint density at radius 3 is 2.49 bits per heavy atom. The molecule has 0 aliphatic carbocycles. The van der Waals surface area contributed by atoms with Gasteiger partial charge >= 0.3 is 6.09 Å². The van der Waals surface area contributed by atoms with E-state index < -0.39 is 0 Å². The second-order valence-corrected chi connectivity index (χ2v) is 10.2. The molecular formula is C26H35BrN2O4S2. The van der Waals surface area contributed by atoms with Crippen LogP contribution in [0.15, 0.2) is 53.0 Å². The van der Waals surface area contributed by atoms with Crippen LogP contribution in [0.3, 0.4) is 0 Å². The number of ether oxygens (including phenoxy) is 3. The molecule has 3 aliphatic heterocycles. The number of carbonyl (C=O) groups excluding carboxylic acids is 1. The van der Waals surface area contributed by atoms with E-state index in [4.69, 9.17) is 14.2 Å². The number of likely N-dealkylation sites (tertiary alicyclic amines) is 1. The molecule has 2 aromatic carbocycles. The zero-order valence-corrected chi connectivity index (χ0v) is 23.4. The first-order valence-electron chi connectivity index (χ1n) is 11.9. The van der Waals surface area contributed by atoms with Gasteiger partial charge in [-0.05, 0) is 68.5 Å². The molecule has 5 rings (SSSR count). The molecule has 2 saturated heterocycles. The normalized spacial score (nSPS) is 22.2. The van der Waals surface area contributed by atoms with Crippen molar-refractivity contribution in [1.29, 1.82) is 0 Å². The first-order chi connectivity index (χ1) is 16.1. The molecule has 0 saturated carbocycles. The summed E-state index contributed by atoms with van der Waals surface area (Å²) in [7, 11) is 0. The van der Waals surface area contributed by atoms with E-state index in [2.05, 4.69) is 33.0 Å². The Bertz CT molecular complexity index is 960. The molecule has 9 heteroatoms. The van der Waals surface area contributed by atoms with Crippen molar-refractivity contribution in [2.45, 2.75) is 37.8 Å². The second kappa shape index (κ2) is 13.1. The molecule has 2 atom stereocenters. The summed E-state index contributed by atoms with van der Waals surface area (Å²) in [5.74, 6) is 2.28. The van der Waals surface area contributed by atoms with Crippen molar-refractivity contribution < 1.29 is 19.0 Å². The van der Waals surface area contributed by atoms with Gasteiger partial charge in [0.2, 0.25) is 0 Å². The summed E-state index contributed by atoms with van der Waals surface area (Å²) in [6.07, 6.45) is 4.10. The summed E-state index contributed by atoms with van der Waals surface area (Å²) in [4.78, 5) is 16.7. The number of amides is 1. The molecule has 0 unspecified atom stereocenters. The van der Waals surface area contributed by atoms with Crippen LogP contribution >= 0.6 is 42.9 Å². The van der Waals surface area contributed by atoms with Crippen molar-refractivity contribution in [1.82, 2.24) is 9.80 Å². The van der Waals surface area contributed by atoms with Gasteiger partial charge in [0.05, 0.1) is 6.04 Å². The Morgan fingerprint density at radius 2 is 1.71 bits per heavy atom. The number of carbonyl (C=O) groups is 1. The van der Waals surface area contributed by atoms with Crippen LogP contribution in [0.1, 0.15) is 24.8 Å². The van der Waals surface area contributed by atoms with Crippen LogP contribution in [0.4, 0.5) is 4.79 Å². The molecule has 0 aromatic heterocycles. The molecule has 35 heavy (non-hydrogen) atoms. The molecule has 0 radical (unpaired) electrons. The molecule has 0 N–H and O–H groups in total. The number of halogens is 1. The van der Waals surface area contributed by atoms with Gasteiger partial charge in [0.25, 0.3) is 0 Å². The molecule has 0 spiro atoms. The van der Waals surface area contributed by atoms with E-state index in [0.29, 0.717) is 19.1 Å². The highest BCUT2D eigenvalue weighted by Crippen LogP contribution is 2.34. The number of hydrogen-bond acceptors (Lipinski definition) is 5. The lowest BCUT2D eigenvalue weighted by Gasteiger charge is -2.36. The van der Waals surface area contributed by atoms with Crippen LogP contribution < -0.4 is 9.47 Å². The average Bonchev–Trinajstić information content (AvgIpc) is 3.18. The summed E-state index contributed by atoms with van der Waals surface area (Å²) in [5.41, 5.74) is 1.25. The van der Waals surface area contributed by atoms with Crippen LogP contribution in [0.2, 0.25) is 0 Å². The summed E-state index contributed by atoms with van der Waals surface area (Å²) >= 11 is 3.50. The van der Waals surface area contributed by atoms with Crippen molar-refractivity contribution in [2.24, 2.45) is 5.92 Å². The van der Waals surface area contributed by atoms with Gasteiger partial charge in [0.15, 0.2) is 11.5 Å². The minimum absolute atomic E-state index is 0. The maximum atomic E-state index is 12.3. The third kappa shape index (κ3) is 7.24. The highest BCUT2D eigenvalue weighted by atomic mass is 79.9. The van der Waals surface area contributed by atoms with E-state index in [9.17, 15) is 4.79 Å². The Hall–Kier alpha value is -1.55. The molecular weight excluding hydrogens is 548 g/mol. The van der Waals surface area contributed by atoms with Crippen molar-refractivity contribution in [3.63, 3.8) is 0 Å². The third-order valence-corrected chi connectivity index (χ3v) is 7.45. The molecule has 3 heterocycles. The minimum atomic E-state index is -0.158. The number of benzene rings is 2. The number of cyclic esters (lactones) is 1. The fourth-order valence-electron chi connectivity index (χ4n) is 5.07. The van der Waals surface area contributed by atoms with Gasteiger partial charge < -0.3 is 19.1 Å². The molecule has 0 bridgehead atoms. The fourth-order valence-corrected chi connectivity index (χ4v) is 5.41. The number of hydrogen-bond donors (Lipinski definition) is 0. The quantitative estimate of drug-likeness (QED) is 0.461. The predicted octanol–water partition coefficient (Wildman–Crippen LogP) is 4.98. The van der Waals surface area contributed by atoms with Gasteiger partial charge in [-0.3, -0.25) is 4.90 Å². The second-order valence-electron chi connectivity index (χ2n) is 9.29. The molecule has 2 fully saturated rings. The van der Waals surface area contributed by atoms with E-state index in [0.717, 1.165) is 67.8 Å². The van der Waals surface area contributed by atoms with Crippen LogP contribution in [0, 0.1) is 5.92 Å². The van der Waals surface area contributed by atoms with E-state index >= 15 is 0 Å². The standard InChI is InChI=1S/C26H31BrN2O4.2H2S/c27-21-6-7-24-25(15-21)33-23(18-31-24)16-28-11-8-19(9-12-28)10-13-29-22(17-32-26(29)30)14-20-4-2-1-3-5-20;;/h1-7,15,19,22-23H,8-14,16-18H2;2*1H2/t22-,23-;;/m0../s1. The van der Waals surface area contributed by atoms with E-state index in [1.165, 1.54) is 5.56 Å². The van der Waals surface area contributed by atoms with E-state index in [1.54, 1.807) is 0 Å². The lowest BCUT2D eigenvalue weighted by Crippen LogP contribution is -2.44. The van der Waals surface area contributed by atoms with E-state index in [1.807, 2.05) is 41.3 Å². The number of fused-ring (bicyclic) bond motifs is 1. The largest absolute Gasteiger partial charge is 0.486 e. The zero-order valence-electron chi connectivity index (χ0n) is 19.8. The number of nitrogens with zero attached hydrogens (tertiary/aromatic N) is 2. The molecule has 2 aromatic rings. The van der Waals surface area contributed by atoms with Gasteiger partial charge in [-0.25, -0.2) is 4.79 Å². The van der Waals surface area contributed by atoms with Gasteiger partial charge in [0, 0.05) is 17.6 Å². The third-order valence-electron chi connectivity index (χ3n) is 6.96. The summed E-state index contributed by atoms with van der Waals surface area (Å²) < 4.78 is 18.4. The van der Waals surface area contributed by atoms with Gasteiger partial charge in [0.1, 0.15) is 19.3 Å². The topological polar surface area (TPSA) is 51.2 Å². The Kier molecular flexibility index (Phi) is 10.5. The van der Waals surface area contributed by atoms with Crippen LogP contribution in [0.5, 0.6) is 11.5 Å². The van der Waals surface area contributed by atoms with Crippen molar-refractivity contribution in [3.05, 3.63) is 58.6 Å². The van der Waals surface area contributed by atoms with Crippen molar-refractivity contribution in [2.75, 3.05) is 39.4 Å². The lowest BCUT2D eigenvalue weighted by molar-refractivity contribution is 0.0465. The van der Waals surface area contributed by atoms with Crippen LogP contribution in [0.25, 0.3) is 0 Å². The first-order valence-corrected chi connectivity index (χ1v) is 12.7. The first kappa shape index (κ1) is 28.0. The Morgan fingerprint density at radius 1 is 0.943 bits per heavy atom. The number of piperidine rings is 1. The van der Waals surface area contributed by atoms with Gasteiger partial charge in [-0.15, -0.1) is 0 Å². The molecule has 192 valence electrons. The Labute approximate surface area is 230 Å². The highest BCUT2D eigenvalue weighted by molar-refractivity contribution is 9.10. The van der Waals surface area contributed by atoms with Gasteiger partial charge in [-0.2, -0.15) is 27.0 Å². The minimum Gasteiger partial charge on any atom is -0.486 e. The zero-order chi connectivity index (χ0) is 22.6. The summed E-state index contributed by atoms with van der Waals surface area (Å²) in [6.45, 7) is 4.88. The van der Waals surface area contributed by atoms with E-state index in [-0.39, 0.29) is 45.2 Å². The Balaban J connectivity index is 0.00000171. The molecule has 3 aliphatic rings. The average molecular weight is 584 g/mol. The SMILES string of the molecule is O=C1OC[C@H](Cc2ccccc2)N1CCC1CCN(C[C@H]2COc3ccc(Br)cc3O2)CC1.S.S. The van der Waals surface area contributed by atoms with Crippen LogP contribution in [-0.4, -0.2) is 67.4 Å². The number of rotatable bonds is 7. The molecule has 6 nitrogen and oxygen atoms in total. The smallest absolute Gasteiger partial charge is 0.410 e. The maximum absolute atomic E-state index is 12.3. The predicted molar refractivity (Wildman–Crippen MR) is 151 cm³/mol. The monoisotopic (exact) mass is 582 g/mol. The lowest BCUT2D eigenvalue weighted by atomic mass is 9.93. The van der Waals surface area contributed by atoms with Crippen molar-refractivity contribution in [3.8, 4) is 11.5 Å². The summed E-state index contributed by atoms with van der Waals surface area (Å²) in [6, 6.07) is 16.4. The fraction of sp³-hybridized carbons (Fsp3) is 0.500. The van der Waals surface area contributed by atoms with Crippen LogP contribution in [-0.2, 0) is 11.2 Å². The van der Waals surface area contributed by atoms with Gasteiger partial charge in [-0.1, -0.05) is 46.3 Å². The maximum Gasteiger partial charge on any atom is 0.410 e.